The first-order valence-electron chi connectivity index (χ1n) is 34.0. The van der Waals surface area contributed by atoms with Crippen molar-refractivity contribution < 1.29 is 58.2 Å². The van der Waals surface area contributed by atoms with Gasteiger partial charge in [0.15, 0.2) is 24.6 Å². The Morgan fingerprint density at radius 2 is 0.778 bits per heavy atom. The molecule has 12 heteroatoms. The van der Waals surface area contributed by atoms with Gasteiger partial charge < -0.3 is 39.0 Å². The predicted molar refractivity (Wildman–Crippen MR) is 331 cm³/mol. The Hall–Kier alpha value is -3.06. The SMILES string of the molecule is CC/C=C\C/C=C\C/C=C\CCCCCCCC(=O)OC(COC(=O)CCCCCCCCCCCCCCCCCCCCC)COC1OC(C(=O)O)C(O)C(O)C1OC(=O)CCCCCCCCCCCCCCCCCCC. The van der Waals surface area contributed by atoms with Gasteiger partial charge in [-0.05, 0) is 51.4 Å². The average molecular weight is 1150 g/mol. The molecule has 0 spiro atoms. The molecule has 12 nitrogen and oxygen atoms in total. The number of hydrogen-bond donors (Lipinski definition) is 3. The lowest BCUT2D eigenvalue weighted by molar-refractivity contribution is -0.301. The van der Waals surface area contributed by atoms with E-state index in [1.165, 1.54) is 180 Å². The minimum atomic E-state index is -1.90. The van der Waals surface area contributed by atoms with Crippen molar-refractivity contribution in [3.05, 3.63) is 36.5 Å². The van der Waals surface area contributed by atoms with Crippen LogP contribution in [0.5, 0.6) is 0 Å². The summed E-state index contributed by atoms with van der Waals surface area (Å²) in [6.45, 7) is 5.94. The zero-order valence-corrected chi connectivity index (χ0v) is 52.3. The van der Waals surface area contributed by atoms with Gasteiger partial charge in [-0.15, -0.1) is 0 Å². The van der Waals surface area contributed by atoms with Crippen molar-refractivity contribution in [3.63, 3.8) is 0 Å². The fourth-order valence-electron chi connectivity index (χ4n) is 10.6. The molecule has 0 radical (unpaired) electrons. The van der Waals surface area contributed by atoms with E-state index in [2.05, 4.69) is 57.2 Å². The summed E-state index contributed by atoms with van der Waals surface area (Å²) in [7, 11) is 0. The Morgan fingerprint density at radius 3 is 1.19 bits per heavy atom. The number of aliphatic hydroxyl groups excluding tert-OH is 2. The molecule has 0 aromatic rings. The first kappa shape index (κ1) is 76.0. The topological polar surface area (TPSA) is 175 Å². The van der Waals surface area contributed by atoms with Gasteiger partial charge >= 0.3 is 23.9 Å². The van der Waals surface area contributed by atoms with Crippen LogP contribution in [0, 0.1) is 0 Å². The van der Waals surface area contributed by atoms with Crippen molar-refractivity contribution in [2.45, 2.75) is 366 Å². The van der Waals surface area contributed by atoms with Gasteiger partial charge in [0.1, 0.15) is 18.8 Å². The second-order valence-electron chi connectivity index (χ2n) is 23.4. The van der Waals surface area contributed by atoms with Crippen LogP contribution in [0.15, 0.2) is 36.5 Å². The Morgan fingerprint density at radius 1 is 0.420 bits per heavy atom. The largest absolute Gasteiger partial charge is 0.479 e. The number of carboxylic acid groups (broad SMARTS) is 1. The van der Waals surface area contributed by atoms with Gasteiger partial charge in [-0.2, -0.15) is 0 Å². The third-order valence-corrected chi connectivity index (χ3v) is 15.7. The van der Waals surface area contributed by atoms with Crippen molar-refractivity contribution >= 4 is 23.9 Å². The molecule has 0 bridgehead atoms. The van der Waals surface area contributed by atoms with Gasteiger partial charge in [-0.1, -0.05) is 295 Å². The number of allylic oxidation sites excluding steroid dienone is 6. The predicted octanol–water partition coefficient (Wildman–Crippen LogP) is 18.4. The van der Waals surface area contributed by atoms with Crippen LogP contribution in [0.3, 0.4) is 0 Å². The maximum absolute atomic E-state index is 13.2. The van der Waals surface area contributed by atoms with E-state index in [0.717, 1.165) is 89.9 Å². The number of hydrogen-bond acceptors (Lipinski definition) is 11. The number of ether oxygens (including phenoxy) is 5. The third kappa shape index (κ3) is 46.9. The second kappa shape index (κ2) is 57.4. The molecule has 0 aliphatic carbocycles. The summed E-state index contributed by atoms with van der Waals surface area (Å²) in [4.78, 5) is 51.4. The molecule has 1 heterocycles. The van der Waals surface area contributed by atoms with Crippen molar-refractivity contribution in [3.8, 4) is 0 Å². The fraction of sp³-hybridized carbons (Fsp3) is 0.855. The van der Waals surface area contributed by atoms with Crippen molar-refractivity contribution in [2.24, 2.45) is 0 Å². The summed E-state index contributed by atoms with van der Waals surface area (Å²) in [6.07, 6.45) is 56.8. The summed E-state index contributed by atoms with van der Waals surface area (Å²) in [5, 5.41) is 31.6. The number of carbonyl (C=O) groups excluding carboxylic acids is 3. The smallest absolute Gasteiger partial charge is 0.335 e. The van der Waals surface area contributed by atoms with E-state index >= 15 is 0 Å². The van der Waals surface area contributed by atoms with Gasteiger partial charge in [0.2, 0.25) is 0 Å². The zero-order chi connectivity index (χ0) is 58.9. The zero-order valence-electron chi connectivity index (χ0n) is 52.3. The molecule has 1 fully saturated rings. The van der Waals surface area contributed by atoms with Gasteiger partial charge in [0.05, 0.1) is 6.61 Å². The maximum atomic E-state index is 13.2. The molecule has 0 amide bonds. The Labute approximate surface area is 495 Å². The minimum Gasteiger partial charge on any atom is -0.479 e. The van der Waals surface area contributed by atoms with Crippen LogP contribution >= 0.6 is 0 Å². The quantitative estimate of drug-likeness (QED) is 0.0228. The normalized spacial score (nSPS) is 17.9. The van der Waals surface area contributed by atoms with Crippen LogP contribution in [0.2, 0.25) is 0 Å². The van der Waals surface area contributed by atoms with Crippen LogP contribution in [0.4, 0.5) is 0 Å². The van der Waals surface area contributed by atoms with E-state index in [9.17, 15) is 34.5 Å². The first-order chi connectivity index (χ1) is 39.6. The van der Waals surface area contributed by atoms with E-state index in [0.29, 0.717) is 19.3 Å². The summed E-state index contributed by atoms with van der Waals surface area (Å²) >= 11 is 0. The van der Waals surface area contributed by atoms with Gasteiger partial charge in [0, 0.05) is 19.3 Å². The van der Waals surface area contributed by atoms with E-state index < -0.39 is 67.3 Å². The molecule has 1 aliphatic rings. The number of rotatable bonds is 59. The minimum absolute atomic E-state index is 0.0647. The van der Waals surface area contributed by atoms with Crippen LogP contribution in [-0.2, 0) is 42.9 Å². The Bertz CT molecular complexity index is 1550. The highest BCUT2D eigenvalue weighted by Gasteiger charge is 2.50. The first-order valence-corrected chi connectivity index (χ1v) is 34.0. The molecule has 472 valence electrons. The van der Waals surface area contributed by atoms with Gasteiger partial charge in [-0.3, -0.25) is 14.4 Å². The number of carbonyl (C=O) groups is 4. The lowest BCUT2D eigenvalue weighted by Crippen LogP contribution is -2.61. The number of carboxylic acids is 1. The third-order valence-electron chi connectivity index (χ3n) is 15.7. The molecule has 1 rings (SSSR count). The molecular formula is C69H124O12. The number of aliphatic carboxylic acids is 1. The second-order valence-corrected chi connectivity index (χ2v) is 23.4. The highest BCUT2D eigenvalue weighted by atomic mass is 16.7. The van der Waals surface area contributed by atoms with Crippen LogP contribution in [-0.4, -0.2) is 89.2 Å². The molecule has 0 aromatic carbocycles. The maximum Gasteiger partial charge on any atom is 0.335 e. The van der Waals surface area contributed by atoms with E-state index in [1.54, 1.807) is 0 Å². The lowest BCUT2D eigenvalue weighted by Gasteiger charge is -2.40. The Balaban J connectivity index is 2.62. The molecular weight excluding hydrogens is 1020 g/mol. The van der Waals surface area contributed by atoms with E-state index in [4.69, 9.17) is 23.7 Å². The van der Waals surface area contributed by atoms with Gasteiger partial charge in [-0.25, -0.2) is 4.79 Å². The highest BCUT2D eigenvalue weighted by Crippen LogP contribution is 2.27. The summed E-state index contributed by atoms with van der Waals surface area (Å²) in [6, 6.07) is 0. The summed E-state index contributed by atoms with van der Waals surface area (Å²) < 4.78 is 28.6. The van der Waals surface area contributed by atoms with E-state index in [-0.39, 0.29) is 25.9 Å². The van der Waals surface area contributed by atoms with Gasteiger partial charge in [0.25, 0.3) is 0 Å². The van der Waals surface area contributed by atoms with E-state index in [1.807, 2.05) is 0 Å². The van der Waals surface area contributed by atoms with Crippen LogP contribution in [0.25, 0.3) is 0 Å². The molecule has 81 heavy (non-hydrogen) atoms. The fourth-order valence-corrected chi connectivity index (χ4v) is 10.6. The number of esters is 3. The molecule has 3 N–H and O–H groups in total. The molecule has 1 saturated heterocycles. The highest BCUT2D eigenvalue weighted by molar-refractivity contribution is 5.74. The standard InChI is InChI=1S/C69H124O12/c1-4-7-10-13-16-19-22-25-28-30-31-33-35-37-40-43-46-49-52-55-61(70)77-58-60(79-62(71)56-53-50-47-44-41-38-34-27-24-21-18-15-12-9-6-3)59-78-69-67(65(74)64(73)66(81-69)68(75)76)80-63(72)57-54-51-48-45-42-39-36-32-29-26-23-20-17-14-11-8-5-2/h9,12,18,21,27,34,60,64-67,69,73-74H,4-8,10-11,13-17,19-20,22-26,28-33,35-59H2,1-3H3,(H,75,76)/b12-9-,21-18-,34-27-. The van der Waals surface area contributed by atoms with Crippen molar-refractivity contribution in [1.82, 2.24) is 0 Å². The number of aliphatic hydroxyl groups is 2. The molecule has 6 unspecified atom stereocenters. The van der Waals surface area contributed by atoms with Crippen molar-refractivity contribution in [1.29, 1.82) is 0 Å². The number of unbranched alkanes of at least 4 members (excludes halogenated alkanes) is 39. The monoisotopic (exact) mass is 1140 g/mol. The molecule has 1 aliphatic heterocycles. The Kier molecular flexibility index (Phi) is 53.8. The molecule has 0 aromatic heterocycles. The summed E-state index contributed by atoms with van der Waals surface area (Å²) in [5.74, 6) is -3.10. The lowest BCUT2D eigenvalue weighted by atomic mass is 9.98. The van der Waals surface area contributed by atoms with Crippen LogP contribution in [0.1, 0.15) is 329 Å². The average Bonchev–Trinajstić information content (AvgIpc) is 3.53. The summed E-state index contributed by atoms with van der Waals surface area (Å²) in [5.41, 5.74) is 0. The molecule has 0 saturated carbocycles. The van der Waals surface area contributed by atoms with Crippen LogP contribution < -0.4 is 0 Å². The van der Waals surface area contributed by atoms with Crippen molar-refractivity contribution in [2.75, 3.05) is 13.2 Å². The molecule has 6 atom stereocenters.